The van der Waals surface area contributed by atoms with Crippen molar-refractivity contribution < 1.29 is 31.5 Å². The van der Waals surface area contributed by atoms with E-state index in [-0.39, 0.29) is 12.4 Å². The normalized spacial score (nSPS) is 11.4. The van der Waals surface area contributed by atoms with Crippen LogP contribution in [0.25, 0.3) is 0 Å². The largest absolute Gasteiger partial charge is 0.494 e. The molecule has 0 aliphatic heterocycles. The van der Waals surface area contributed by atoms with Crippen molar-refractivity contribution in [3.05, 3.63) is 29.3 Å². The highest BCUT2D eigenvalue weighted by atomic mass is 19.4. The minimum Gasteiger partial charge on any atom is -0.494 e. The lowest BCUT2D eigenvalue weighted by molar-refractivity contribution is -0.0890. The zero-order valence-electron chi connectivity index (χ0n) is 8.57. The van der Waals surface area contributed by atoms with Gasteiger partial charge in [0.25, 0.3) is 5.78 Å². The minimum atomic E-state index is -5.32. The average Bonchev–Trinajstić information content (AvgIpc) is 2.15. The Morgan fingerprint density at radius 2 is 1.71 bits per heavy atom. The Morgan fingerprint density at radius 1 is 1.24 bits per heavy atom. The average molecular weight is 254 g/mol. The number of Topliss-reactive ketones (excluding diaryl/α,β-unsaturated/α-hetero) is 1. The molecule has 17 heavy (non-hydrogen) atoms. The maximum atomic E-state index is 13.2. The molecule has 0 radical (unpaired) electrons. The molecular weight excluding hydrogens is 247 g/mol. The summed E-state index contributed by atoms with van der Waals surface area (Å²) in [6.45, 7) is 1.62. The number of rotatable bonds is 3. The van der Waals surface area contributed by atoms with Crippen molar-refractivity contribution in [2.75, 3.05) is 6.61 Å². The second kappa shape index (κ2) is 4.68. The lowest BCUT2D eigenvalue weighted by atomic mass is 10.1. The van der Waals surface area contributed by atoms with E-state index in [1.807, 2.05) is 0 Å². The van der Waals surface area contributed by atoms with Crippen LogP contribution in [0, 0.1) is 11.6 Å². The van der Waals surface area contributed by atoms with E-state index in [9.17, 15) is 26.7 Å². The second-order valence-electron chi connectivity index (χ2n) is 3.02. The number of carbonyl (C=O) groups is 1. The van der Waals surface area contributed by atoms with Crippen LogP contribution in [0.15, 0.2) is 12.1 Å². The highest BCUT2D eigenvalue weighted by molar-refractivity contribution is 6.00. The number of hydrogen-bond donors (Lipinski definition) is 0. The summed E-state index contributed by atoms with van der Waals surface area (Å²) in [6, 6.07) is 1.07. The minimum absolute atomic E-state index is 0.0887. The zero-order valence-corrected chi connectivity index (χ0v) is 8.57. The van der Waals surface area contributed by atoms with E-state index in [0.29, 0.717) is 12.1 Å². The highest BCUT2D eigenvalue weighted by Crippen LogP contribution is 2.27. The topological polar surface area (TPSA) is 26.3 Å². The predicted octanol–water partition coefficient (Wildman–Crippen LogP) is 3.11. The van der Waals surface area contributed by atoms with Gasteiger partial charge < -0.3 is 4.74 Å². The van der Waals surface area contributed by atoms with Gasteiger partial charge in [0.1, 0.15) is 17.4 Å². The van der Waals surface area contributed by atoms with Gasteiger partial charge in [-0.2, -0.15) is 13.2 Å². The van der Waals surface area contributed by atoms with Gasteiger partial charge in [-0.3, -0.25) is 4.79 Å². The molecule has 0 atom stereocenters. The van der Waals surface area contributed by atoms with Gasteiger partial charge in [0.05, 0.1) is 12.2 Å². The molecule has 0 bridgehead atoms. The third-order valence-corrected chi connectivity index (χ3v) is 1.81. The molecule has 0 fully saturated rings. The number of alkyl halides is 3. The summed E-state index contributed by atoms with van der Waals surface area (Å²) < 4.78 is 67.2. The van der Waals surface area contributed by atoms with Crippen LogP contribution in [0.3, 0.4) is 0 Å². The summed E-state index contributed by atoms with van der Waals surface area (Å²) in [5, 5.41) is 0. The van der Waals surface area contributed by atoms with Crippen molar-refractivity contribution in [3.63, 3.8) is 0 Å². The highest BCUT2D eigenvalue weighted by Gasteiger charge is 2.42. The molecule has 94 valence electrons. The van der Waals surface area contributed by atoms with E-state index in [1.54, 1.807) is 0 Å². The van der Waals surface area contributed by atoms with Crippen LogP contribution in [-0.4, -0.2) is 18.6 Å². The molecule has 1 aromatic rings. The quantitative estimate of drug-likeness (QED) is 0.612. The molecule has 0 heterocycles. The summed E-state index contributed by atoms with van der Waals surface area (Å²) in [5.41, 5.74) is -1.62. The van der Waals surface area contributed by atoms with Crippen LogP contribution in [0.4, 0.5) is 22.0 Å². The summed E-state index contributed by atoms with van der Waals surface area (Å²) in [4.78, 5) is 10.7. The fourth-order valence-corrected chi connectivity index (χ4v) is 1.16. The van der Waals surface area contributed by atoms with Gasteiger partial charge in [-0.25, -0.2) is 8.78 Å². The Hall–Kier alpha value is -1.66. The number of ketones is 1. The lowest BCUT2D eigenvalue weighted by Gasteiger charge is -2.09. The Balaban J connectivity index is 3.23. The monoisotopic (exact) mass is 254 g/mol. The van der Waals surface area contributed by atoms with E-state index < -0.39 is 29.2 Å². The van der Waals surface area contributed by atoms with Crippen molar-refractivity contribution in [1.82, 2.24) is 0 Å². The fraction of sp³-hybridized carbons (Fsp3) is 0.300. The SMILES string of the molecule is CCOc1cc(F)c(C(=O)C(F)(F)F)c(F)c1. The first-order chi connectivity index (χ1) is 7.77. The summed E-state index contributed by atoms with van der Waals surface area (Å²) in [6.07, 6.45) is -5.32. The molecular formula is C10H7F5O2. The predicted molar refractivity (Wildman–Crippen MR) is 47.9 cm³/mol. The van der Waals surface area contributed by atoms with Gasteiger partial charge in [0, 0.05) is 12.1 Å². The fourth-order valence-electron chi connectivity index (χ4n) is 1.16. The summed E-state index contributed by atoms with van der Waals surface area (Å²) in [5.74, 6) is -6.04. The van der Waals surface area contributed by atoms with E-state index >= 15 is 0 Å². The van der Waals surface area contributed by atoms with Gasteiger partial charge in [-0.1, -0.05) is 0 Å². The molecule has 1 rings (SSSR count). The van der Waals surface area contributed by atoms with Gasteiger partial charge in [0.2, 0.25) is 0 Å². The molecule has 0 unspecified atom stereocenters. The molecule has 0 saturated heterocycles. The third kappa shape index (κ3) is 2.92. The Bertz CT molecular complexity index is 416. The van der Waals surface area contributed by atoms with Crippen LogP contribution < -0.4 is 4.74 Å². The van der Waals surface area contributed by atoms with Crippen molar-refractivity contribution in [2.24, 2.45) is 0 Å². The molecule has 0 aliphatic carbocycles. The number of hydrogen-bond acceptors (Lipinski definition) is 2. The maximum Gasteiger partial charge on any atom is 0.455 e. The Kier molecular flexibility index (Phi) is 3.69. The molecule has 2 nitrogen and oxygen atoms in total. The molecule has 1 aromatic carbocycles. The number of benzene rings is 1. The van der Waals surface area contributed by atoms with E-state index in [0.717, 1.165) is 0 Å². The first kappa shape index (κ1) is 13.4. The van der Waals surface area contributed by atoms with Crippen molar-refractivity contribution in [2.45, 2.75) is 13.1 Å². The van der Waals surface area contributed by atoms with Crippen molar-refractivity contribution in [3.8, 4) is 5.75 Å². The number of ether oxygens (including phenoxy) is 1. The van der Waals surface area contributed by atoms with Crippen LogP contribution in [0.5, 0.6) is 5.75 Å². The maximum absolute atomic E-state index is 13.2. The lowest BCUT2D eigenvalue weighted by Crippen LogP contribution is -2.25. The van der Waals surface area contributed by atoms with Crippen molar-refractivity contribution in [1.29, 1.82) is 0 Å². The van der Waals surface area contributed by atoms with Gasteiger partial charge in [-0.05, 0) is 6.92 Å². The van der Waals surface area contributed by atoms with E-state index in [2.05, 4.69) is 0 Å². The van der Waals surface area contributed by atoms with E-state index in [1.165, 1.54) is 6.92 Å². The standard InChI is InChI=1S/C10H7F5O2/c1-2-17-5-3-6(11)8(7(12)4-5)9(16)10(13,14)15/h3-4H,2H2,1H3. The zero-order chi connectivity index (χ0) is 13.2. The van der Waals surface area contributed by atoms with Crippen molar-refractivity contribution >= 4 is 5.78 Å². The first-order valence-electron chi connectivity index (χ1n) is 4.50. The molecule has 0 saturated carbocycles. The van der Waals surface area contributed by atoms with Gasteiger partial charge in [-0.15, -0.1) is 0 Å². The van der Waals surface area contributed by atoms with Crippen LogP contribution in [0.1, 0.15) is 17.3 Å². The molecule has 0 amide bonds. The first-order valence-corrected chi connectivity index (χ1v) is 4.50. The summed E-state index contributed by atoms with van der Waals surface area (Å²) >= 11 is 0. The van der Waals surface area contributed by atoms with Crippen LogP contribution in [0.2, 0.25) is 0 Å². The number of carbonyl (C=O) groups excluding carboxylic acids is 1. The van der Waals surface area contributed by atoms with E-state index in [4.69, 9.17) is 4.74 Å². The van der Waals surface area contributed by atoms with Crippen LogP contribution >= 0.6 is 0 Å². The third-order valence-electron chi connectivity index (χ3n) is 1.81. The van der Waals surface area contributed by atoms with Gasteiger partial charge in [0.15, 0.2) is 0 Å². The number of halogens is 5. The molecule has 0 aliphatic rings. The Morgan fingerprint density at radius 3 is 2.06 bits per heavy atom. The Labute approximate surface area is 93.0 Å². The van der Waals surface area contributed by atoms with Gasteiger partial charge >= 0.3 is 6.18 Å². The molecule has 7 heteroatoms. The van der Waals surface area contributed by atoms with Crippen LogP contribution in [-0.2, 0) is 0 Å². The molecule has 0 N–H and O–H groups in total. The molecule has 0 spiro atoms. The molecule has 0 aromatic heterocycles. The smallest absolute Gasteiger partial charge is 0.455 e. The second-order valence-corrected chi connectivity index (χ2v) is 3.02. The summed E-state index contributed by atoms with van der Waals surface area (Å²) in [7, 11) is 0.